The second-order valence-corrected chi connectivity index (χ2v) is 4.89. The third kappa shape index (κ3) is 3.27. The van der Waals surface area contributed by atoms with Crippen LogP contribution in [-0.2, 0) is 0 Å². The van der Waals surface area contributed by atoms with E-state index in [2.05, 4.69) is 11.9 Å². The quantitative estimate of drug-likeness (QED) is 0.822. The number of hydrogen-bond donors (Lipinski definition) is 1. The lowest BCUT2D eigenvalue weighted by atomic mass is 10.0. The molecule has 17 heavy (non-hydrogen) atoms. The molecule has 0 radical (unpaired) electrons. The SMILES string of the molecule is CN(CCCO)C(c1ccc(F)cc1)C1CC1. The number of nitrogens with zero attached hydrogens (tertiary/aromatic N) is 1. The maximum Gasteiger partial charge on any atom is 0.123 e. The van der Waals surface area contributed by atoms with Crippen molar-refractivity contribution < 1.29 is 9.50 Å². The molecule has 94 valence electrons. The second kappa shape index (κ2) is 5.61. The van der Waals surface area contributed by atoms with Gasteiger partial charge in [0.05, 0.1) is 0 Å². The highest BCUT2D eigenvalue weighted by atomic mass is 19.1. The molecule has 0 amide bonds. The van der Waals surface area contributed by atoms with Crippen molar-refractivity contribution in [3.8, 4) is 0 Å². The van der Waals surface area contributed by atoms with Crippen molar-refractivity contribution in [1.29, 1.82) is 0 Å². The first kappa shape index (κ1) is 12.5. The van der Waals surface area contributed by atoms with E-state index in [0.717, 1.165) is 13.0 Å². The molecular weight excluding hydrogens is 217 g/mol. The molecule has 3 heteroatoms. The lowest BCUT2D eigenvalue weighted by Gasteiger charge is -2.28. The highest BCUT2D eigenvalue weighted by Gasteiger charge is 2.34. The van der Waals surface area contributed by atoms with E-state index in [-0.39, 0.29) is 12.4 Å². The standard InChI is InChI=1S/C14H20FNO/c1-16(9-2-10-17)14(11-3-4-11)12-5-7-13(15)8-6-12/h5-8,11,14,17H,2-4,9-10H2,1H3. The summed E-state index contributed by atoms with van der Waals surface area (Å²) in [5, 5.41) is 8.88. The molecule has 0 aromatic heterocycles. The van der Waals surface area contributed by atoms with E-state index >= 15 is 0 Å². The van der Waals surface area contributed by atoms with Crippen molar-refractivity contribution in [3.63, 3.8) is 0 Å². The second-order valence-electron chi connectivity index (χ2n) is 4.89. The summed E-state index contributed by atoms with van der Waals surface area (Å²) in [6, 6.07) is 7.21. The number of aliphatic hydroxyl groups is 1. The zero-order valence-corrected chi connectivity index (χ0v) is 10.3. The number of rotatable bonds is 6. The van der Waals surface area contributed by atoms with Gasteiger partial charge in [0.1, 0.15) is 5.82 Å². The van der Waals surface area contributed by atoms with Gasteiger partial charge in [0, 0.05) is 19.2 Å². The monoisotopic (exact) mass is 237 g/mol. The molecular formula is C14H20FNO. The minimum Gasteiger partial charge on any atom is -0.396 e. The Balaban J connectivity index is 2.08. The number of benzene rings is 1. The lowest BCUT2D eigenvalue weighted by molar-refractivity contribution is 0.192. The van der Waals surface area contributed by atoms with Gasteiger partial charge in [-0.2, -0.15) is 0 Å². The highest BCUT2D eigenvalue weighted by Crippen LogP contribution is 2.44. The van der Waals surface area contributed by atoms with Gasteiger partial charge in [-0.05, 0) is 49.9 Å². The molecule has 1 atom stereocenters. The predicted octanol–water partition coefficient (Wildman–Crippen LogP) is 2.59. The normalized spacial score (nSPS) is 17.4. The first-order valence-corrected chi connectivity index (χ1v) is 6.29. The van der Waals surface area contributed by atoms with Gasteiger partial charge >= 0.3 is 0 Å². The molecule has 1 fully saturated rings. The molecule has 0 saturated heterocycles. The van der Waals surface area contributed by atoms with Gasteiger partial charge in [-0.3, -0.25) is 4.90 Å². The lowest BCUT2D eigenvalue weighted by Crippen LogP contribution is -2.27. The first-order chi connectivity index (χ1) is 8.22. The van der Waals surface area contributed by atoms with Crippen LogP contribution in [0.3, 0.4) is 0 Å². The molecule has 2 rings (SSSR count). The van der Waals surface area contributed by atoms with Crippen molar-refractivity contribution in [2.45, 2.75) is 25.3 Å². The summed E-state index contributed by atoms with van der Waals surface area (Å²) in [7, 11) is 2.09. The van der Waals surface area contributed by atoms with Crippen LogP contribution >= 0.6 is 0 Å². The smallest absolute Gasteiger partial charge is 0.123 e. The Kier molecular flexibility index (Phi) is 4.13. The number of hydrogen-bond acceptors (Lipinski definition) is 2. The van der Waals surface area contributed by atoms with Crippen molar-refractivity contribution in [2.75, 3.05) is 20.2 Å². The molecule has 1 aliphatic rings. The van der Waals surface area contributed by atoms with E-state index in [1.165, 1.54) is 30.5 Å². The van der Waals surface area contributed by atoms with Crippen LogP contribution in [0, 0.1) is 11.7 Å². The van der Waals surface area contributed by atoms with Crippen LogP contribution in [0.25, 0.3) is 0 Å². The van der Waals surface area contributed by atoms with Crippen LogP contribution in [0.4, 0.5) is 4.39 Å². The topological polar surface area (TPSA) is 23.5 Å². The average molecular weight is 237 g/mol. The molecule has 1 aromatic carbocycles. The van der Waals surface area contributed by atoms with Crippen molar-refractivity contribution in [1.82, 2.24) is 4.90 Å². The predicted molar refractivity (Wildman–Crippen MR) is 66.2 cm³/mol. The Morgan fingerprint density at radius 3 is 2.53 bits per heavy atom. The fourth-order valence-corrected chi connectivity index (χ4v) is 2.42. The summed E-state index contributed by atoms with van der Waals surface area (Å²) >= 11 is 0. The van der Waals surface area contributed by atoms with Gasteiger partial charge in [-0.15, -0.1) is 0 Å². The summed E-state index contributed by atoms with van der Waals surface area (Å²) in [6.07, 6.45) is 3.30. The average Bonchev–Trinajstić information content (AvgIpc) is 3.14. The summed E-state index contributed by atoms with van der Waals surface area (Å²) < 4.78 is 12.9. The van der Waals surface area contributed by atoms with Crippen LogP contribution in [0.1, 0.15) is 30.9 Å². The van der Waals surface area contributed by atoms with E-state index in [4.69, 9.17) is 5.11 Å². The molecule has 1 saturated carbocycles. The van der Waals surface area contributed by atoms with Crippen LogP contribution < -0.4 is 0 Å². The van der Waals surface area contributed by atoms with Crippen LogP contribution in [-0.4, -0.2) is 30.2 Å². The summed E-state index contributed by atoms with van der Waals surface area (Å²) in [5.41, 5.74) is 1.19. The number of halogens is 1. The van der Waals surface area contributed by atoms with Crippen LogP contribution in [0.2, 0.25) is 0 Å². The minimum absolute atomic E-state index is 0.179. The van der Waals surface area contributed by atoms with Gasteiger partial charge in [-0.1, -0.05) is 12.1 Å². The molecule has 0 spiro atoms. The van der Waals surface area contributed by atoms with E-state index < -0.39 is 0 Å². The number of aliphatic hydroxyl groups excluding tert-OH is 1. The maximum absolute atomic E-state index is 12.9. The Labute approximate surface area is 102 Å². The Hall–Kier alpha value is -0.930. The Morgan fingerprint density at radius 1 is 1.35 bits per heavy atom. The summed E-state index contributed by atoms with van der Waals surface area (Å²) in [5.74, 6) is 0.519. The minimum atomic E-state index is -0.179. The van der Waals surface area contributed by atoms with Gasteiger partial charge in [0.2, 0.25) is 0 Å². The van der Waals surface area contributed by atoms with E-state index in [1.54, 1.807) is 0 Å². The summed E-state index contributed by atoms with van der Waals surface area (Å²) in [4.78, 5) is 2.28. The fourth-order valence-electron chi connectivity index (χ4n) is 2.42. The Bertz CT molecular complexity index is 348. The molecule has 1 aliphatic carbocycles. The van der Waals surface area contributed by atoms with Crippen molar-refractivity contribution >= 4 is 0 Å². The van der Waals surface area contributed by atoms with Gasteiger partial charge in [0.25, 0.3) is 0 Å². The third-order valence-electron chi connectivity index (χ3n) is 3.42. The summed E-state index contributed by atoms with van der Waals surface area (Å²) in [6.45, 7) is 1.11. The van der Waals surface area contributed by atoms with Gasteiger partial charge < -0.3 is 5.11 Å². The fraction of sp³-hybridized carbons (Fsp3) is 0.571. The molecule has 2 nitrogen and oxygen atoms in total. The maximum atomic E-state index is 12.9. The first-order valence-electron chi connectivity index (χ1n) is 6.29. The highest BCUT2D eigenvalue weighted by molar-refractivity contribution is 5.22. The zero-order valence-electron chi connectivity index (χ0n) is 10.3. The van der Waals surface area contributed by atoms with E-state index in [0.29, 0.717) is 12.0 Å². The van der Waals surface area contributed by atoms with E-state index in [9.17, 15) is 4.39 Å². The van der Waals surface area contributed by atoms with Crippen LogP contribution in [0.5, 0.6) is 0 Å². The molecule has 1 aromatic rings. The van der Waals surface area contributed by atoms with Crippen molar-refractivity contribution in [2.24, 2.45) is 5.92 Å². The van der Waals surface area contributed by atoms with E-state index in [1.807, 2.05) is 12.1 Å². The zero-order chi connectivity index (χ0) is 12.3. The molecule has 0 heterocycles. The molecule has 1 unspecified atom stereocenters. The van der Waals surface area contributed by atoms with Gasteiger partial charge in [0.15, 0.2) is 0 Å². The largest absolute Gasteiger partial charge is 0.396 e. The molecule has 1 N–H and O–H groups in total. The molecule has 0 bridgehead atoms. The molecule has 0 aliphatic heterocycles. The van der Waals surface area contributed by atoms with Crippen LogP contribution in [0.15, 0.2) is 24.3 Å². The van der Waals surface area contributed by atoms with Gasteiger partial charge in [-0.25, -0.2) is 4.39 Å². The van der Waals surface area contributed by atoms with Crippen molar-refractivity contribution in [3.05, 3.63) is 35.6 Å². The Morgan fingerprint density at radius 2 is 2.00 bits per heavy atom. The third-order valence-corrected chi connectivity index (χ3v) is 3.42.